The molecule has 2 rings (SSSR count). The Morgan fingerprint density at radius 1 is 1.55 bits per heavy atom. The predicted octanol–water partition coefficient (Wildman–Crippen LogP) is 2.58. The maximum absolute atomic E-state index is 12.5. The van der Waals surface area contributed by atoms with Crippen LogP contribution in [0.2, 0.25) is 0 Å². The van der Waals surface area contributed by atoms with Crippen LogP contribution in [0.3, 0.4) is 0 Å². The van der Waals surface area contributed by atoms with Crippen molar-refractivity contribution in [3.05, 3.63) is 16.1 Å². The first-order chi connectivity index (χ1) is 9.54. The number of thiazole rings is 1. The van der Waals surface area contributed by atoms with E-state index in [0.717, 1.165) is 30.7 Å². The fourth-order valence-electron chi connectivity index (χ4n) is 2.54. The highest BCUT2D eigenvalue weighted by Crippen LogP contribution is 2.26. The van der Waals surface area contributed by atoms with Crippen LogP contribution >= 0.6 is 11.3 Å². The fourth-order valence-corrected chi connectivity index (χ4v) is 3.23. The first kappa shape index (κ1) is 15.0. The molecule has 0 radical (unpaired) electrons. The van der Waals surface area contributed by atoms with Gasteiger partial charge in [0, 0.05) is 18.0 Å². The van der Waals surface area contributed by atoms with Crippen LogP contribution in [0.5, 0.6) is 0 Å². The number of nitrogens with zero attached hydrogens (tertiary/aromatic N) is 2. The number of aromatic nitrogens is 1. The number of hydrogen-bond acceptors (Lipinski definition) is 5. The summed E-state index contributed by atoms with van der Waals surface area (Å²) in [5.41, 5.74) is 0.352. The Morgan fingerprint density at radius 3 is 2.95 bits per heavy atom. The van der Waals surface area contributed by atoms with Gasteiger partial charge in [0.25, 0.3) is 5.91 Å². The molecular weight excluding hydrogens is 276 g/mol. The maximum atomic E-state index is 12.5. The van der Waals surface area contributed by atoms with Crippen molar-refractivity contribution >= 4 is 23.2 Å². The Bertz CT molecular complexity index is 498. The van der Waals surface area contributed by atoms with Crippen molar-refractivity contribution in [3.63, 3.8) is 0 Å². The lowest BCUT2D eigenvalue weighted by Gasteiger charge is -2.26. The first-order valence-corrected chi connectivity index (χ1v) is 7.86. The Kier molecular flexibility index (Phi) is 4.75. The third-order valence-electron chi connectivity index (χ3n) is 3.50. The lowest BCUT2D eigenvalue weighted by molar-refractivity contribution is 0.0525. The van der Waals surface area contributed by atoms with Crippen LogP contribution in [-0.4, -0.2) is 41.0 Å². The normalized spacial score (nSPS) is 18.6. The number of carbonyl (C=O) groups excluding carboxylic acids is 2. The van der Waals surface area contributed by atoms with E-state index in [1.165, 1.54) is 0 Å². The van der Waals surface area contributed by atoms with E-state index in [9.17, 15) is 9.59 Å². The Morgan fingerprint density at radius 2 is 2.30 bits per heavy atom. The van der Waals surface area contributed by atoms with E-state index in [1.54, 1.807) is 12.3 Å². The molecule has 1 fully saturated rings. The van der Waals surface area contributed by atoms with Crippen molar-refractivity contribution in [1.82, 2.24) is 9.88 Å². The molecule has 1 aromatic rings. The van der Waals surface area contributed by atoms with Crippen molar-refractivity contribution in [2.45, 2.75) is 39.7 Å². The van der Waals surface area contributed by atoms with Gasteiger partial charge in [0.1, 0.15) is 5.69 Å². The Labute approximate surface area is 122 Å². The van der Waals surface area contributed by atoms with Gasteiger partial charge in [-0.15, -0.1) is 11.3 Å². The highest BCUT2D eigenvalue weighted by atomic mass is 32.1. The van der Waals surface area contributed by atoms with Crippen molar-refractivity contribution in [1.29, 1.82) is 0 Å². The zero-order valence-electron chi connectivity index (χ0n) is 12.1. The molecule has 1 aliphatic heterocycles. The Hall–Kier alpha value is -1.43. The van der Waals surface area contributed by atoms with Gasteiger partial charge in [-0.25, -0.2) is 9.78 Å². The van der Waals surface area contributed by atoms with Gasteiger partial charge in [0.05, 0.1) is 6.61 Å². The molecule has 2 heterocycles. The van der Waals surface area contributed by atoms with Crippen LogP contribution in [0.1, 0.15) is 53.9 Å². The van der Waals surface area contributed by atoms with Crippen LogP contribution < -0.4 is 0 Å². The molecule has 5 nitrogen and oxygen atoms in total. The van der Waals surface area contributed by atoms with Crippen molar-refractivity contribution in [3.8, 4) is 0 Å². The summed E-state index contributed by atoms with van der Waals surface area (Å²) in [6.07, 6.45) is 2.07. The van der Waals surface area contributed by atoms with Gasteiger partial charge >= 0.3 is 5.97 Å². The monoisotopic (exact) mass is 296 g/mol. The molecular formula is C14H20N2O3S. The number of ether oxygens (including phenoxy) is 1. The molecule has 1 amide bonds. The van der Waals surface area contributed by atoms with E-state index in [-0.39, 0.29) is 17.0 Å². The van der Waals surface area contributed by atoms with E-state index < -0.39 is 5.97 Å². The number of esters is 1. The summed E-state index contributed by atoms with van der Waals surface area (Å²) < 4.78 is 4.89. The molecule has 0 saturated carbocycles. The molecule has 0 spiro atoms. The number of carbonyl (C=O) groups is 2. The van der Waals surface area contributed by atoms with Crippen molar-refractivity contribution < 1.29 is 14.3 Å². The van der Waals surface area contributed by atoms with Crippen molar-refractivity contribution in [2.75, 3.05) is 13.2 Å². The Balaban J connectivity index is 2.11. The lowest BCUT2D eigenvalue weighted by Crippen LogP contribution is -2.38. The molecule has 1 atom stereocenters. The topological polar surface area (TPSA) is 59.5 Å². The first-order valence-electron chi connectivity index (χ1n) is 6.98. The molecule has 1 unspecified atom stereocenters. The van der Waals surface area contributed by atoms with Crippen LogP contribution in [0.4, 0.5) is 0 Å². The maximum Gasteiger partial charge on any atom is 0.367 e. The van der Waals surface area contributed by atoms with Crippen LogP contribution in [0.15, 0.2) is 5.38 Å². The zero-order chi connectivity index (χ0) is 14.7. The molecule has 0 aliphatic carbocycles. The summed E-state index contributed by atoms with van der Waals surface area (Å²) in [5, 5.41) is 1.89. The molecule has 0 aromatic carbocycles. The standard InChI is InChI=1S/C14H20N2O3S/c1-4-19-14(18)12-15-10(8-20-12)13(17)16-7-5-6-11(16)9(2)3/h8-9,11H,4-7H2,1-3H3. The second-order valence-corrected chi connectivity index (χ2v) is 6.07. The summed E-state index contributed by atoms with van der Waals surface area (Å²) in [6, 6.07) is 0.273. The second kappa shape index (κ2) is 6.35. The summed E-state index contributed by atoms with van der Waals surface area (Å²) in [6.45, 7) is 7.08. The van der Waals surface area contributed by atoms with E-state index >= 15 is 0 Å². The lowest BCUT2D eigenvalue weighted by atomic mass is 10.0. The molecule has 0 bridgehead atoms. The number of amides is 1. The quantitative estimate of drug-likeness (QED) is 0.801. The smallest absolute Gasteiger partial charge is 0.367 e. The van der Waals surface area contributed by atoms with Gasteiger partial charge < -0.3 is 9.64 Å². The highest BCUT2D eigenvalue weighted by Gasteiger charge is 2.32. The van der Waals surface area contributed by atoms with Crippen LogP contribution in [0.25, 0.3) is 0 Å². The molecule has 1 aliphatic rings. The average molecular weight is 296 g/mol. The molecule has 1 saturated heterocycles. The fraction of sp³-hybridized carbons (Fsp3) is 0.643. The summed E-state index contributed by atoms with van der Waals surface area (Å²) in [5.74, 6) is -0.101. The van der Waals surface area contributed by atoms with Gasteiger partial charge in [0.15, 0.2) is 0 Å². The molecule has 1 aromatic heterocycles. The highest BCUT2D eigenvalue weighted by molar-refractivity contribution is 7.11. The minimum absolute atomic E-state index is 0.0759. The molecule has 110 valence electrons. The SMILES string of the molecule is CCOC(=O)c1nc(C(=O)N2CCCC2C(C)C)cs1. The molecule has 6 heteroatoms. The van der Waals surface area contributed by atoms with Crippen LogP contribution in [-0.2, 0) is 4.74 Å². The number of hydrogen-bond donors (Lipinski definition) is 0. The summed E-state index contributed by atoms with van der Waals surface area (Å²) in [7, 11) is 0. The van der Waals surface area contributed by atoms with Gasteiger partial charge in [-0.3, -0.25) is 4.79 Å². The third kappa shape index (κ3) is 3.00. The van der Waals surface area contributed by atoms with Gasteiger partial charge in [-0.1, -0.05) is 13.8 Å². The summed E-state index contributed by atoms with van der Waals surface area (Å²) in [4.78, 5) is 30.1. The zero-order valence-corrected chi connectivity index (χ0v) is 12.9. The largest absolute Gasteiger partial charge is 0.461 e. The number of likely N-dealkylation sites (tertiary alicyclic amines) is 1. The van der Waals surface area contributed by atoms with Gasteiger partial charge in [-0.2, -0.15) is 0 Å². The molecule has 0 N–H and O–H groups in total. The van der Waals surface area contributed by atoms with E-state index in [0.29, 0.717) is 18.2 Å². The average Bonchev–Trinajstić information content (AvgIpc) is 3.07. The second-order valence-electron chi connectivity index (χ2n) is 5.21. The third-order valence-corrected chi connectivity index (χ3v) is 4.33. The minimum atomic E-state index is -0.460. The number of rotatable bonds is 4. The minimum Gasteiger partial charge on any atom is -0.461 e. The van der Waals surface area contributed by atoms with Gasteiger partial charge in [0.2, 0.25) is 5.01 Å². The van der Waals surface area contributed by atoms with Gasteiger partial charge in [-0.05, 0) is 25.7 Å². The van der Waals surface area contributed by atoms with Crippen LogP contribution in [0, 0.1) is 5.92 Å². The summed E-state index contributed by atoms with van der Waals surface area (Å²) >= 11 is 1.16. The van der Waals surface area contributed by atoms with E-state index in [2.05, 4.69) is 18.8 Å². The molecule has 20 heavy (non-hydrogen) atoms. The van der Waals surface area contributed by atoms with Crippen molar-refractivity contribution in [2.24, 2.45) is 5.92 Å². The van der Waals surface area contributed by atoms with E-state index in [4.69, 9.17) is 4.74 Å². The predicted molar refractivity (Wildman–Crippen MR) is 77.0 cm³/mol. The van der Waals surface area contributed by atoms with E-state index in [1.807, 2.05) is 4.90 Å².